The molecule has 3 N–H and O–H groups in total. The molecule has 2 atom stereocenters. The summed E-state index contributed by atoms with van der Waals surface area (Å²) in [5.41, 5.74) is 7.30. The first-order valence-corrected chi connectivity index (χ1v) is 4.77. The lowest BCUT2D eigenvalue weighted by Crippen LogP contribution is -2.24. The molecule has 1 heterocycles. The summed E-state index contributed by atoms with van der Waals surface area (Å²) in [7, 11) is 0. The van der Waals surface area contributed by atoms with Gasteiger partial charge in [0, 0.05) is 5.69 Å². The van der Waals surface area contributed by atoms with Gasteiger partial charge in [-0.25, -0.2) is 0 Å². The minimum Gasteiger partial charge on any atom is -0.325 e. The molecule has 1 unspecified atom stereocenters. The standard InChI is InChI=1S/C11H11N3O/c12-6-7(13)5-9-8-3-1-2-4-10(8)14-11(9)15/h1-4,7,9H,5,13H2,(H,14,15)/t7-,9?/m0/s1. The first-order valence-electron chi connectivity index (χ1n) is 4.77. The lowest BCUT2D eigenvalue weighted by Gasteiger charge is -2.09. The number of nitrogens with zero attached hydrogens (tertiary/aromatic N) is 1. The van der Waals surface area contributed by atoms with Crippen molar-refractivity contribution in [1.82, 2.24) is 0 Å². The van der Waals surface area contributed by atoms with Gasteiger partial charge in [0.25, 0.3) is 0 Å². The number of carbonyl (C=O) groups excluding carboxylic acids is 1. The Morgan fingerprint density at radius 3 is 3.00 bits per heavy atom. The number of hydrogen-bond acceptors (Lipinski definition) is 3. The highest BCUT2D eigenvalue weighted by atomic mass is 16.2. The molecule has 0 bridgehead atoms. The quantitative estimate of drug-likeness (QED) is 0.748. The molecule has 0 fully saturated rings. The molecule has 4 heteroatoms. The predicted octanol–water partition coefficient (Wildman–Crippen LogP) is 0.963. The van der Waals surface area contributed by atoms with Crippen molar-refractivity contribution in [3.05, 3.63) is 29.8 Å². The Morgan fingerprint density at radius 1 is 1.53 bits per heavy atom. The molecule has 4 nitrogen and oxygen atoms in total. The second-order valence-electron chi connectivity index (χ2n) is 3.60. The van der Waals surface area contributed by atoms with Crippen LogP contribution in [0.3, 0.4) is 0 Å². The van der Waals surface area contributed by atoms with Crippen LogP contribution >= 0.6 is 0 Å². The average molecular weight is 201 g/mol. The zero-order valence-electron chi connectivity index (χ0n) is 8.10. The van der Waals surface area contributed by atoms with E-state index in [1.54, 1.807) is 0 Å². The van der Waals surface area contributed by atoms with Crippen molar-refractivity contribution in [3.63, 3.8) is 0 Å². The highest BCUT2D eigenvalue weighted by Gasteiger charge is 2.31. The van der Waals surface area contributed by atoms with Crippen LogP contribution in [0.2, 0.25) is 0 Å². The number of fused-ring (bicyclic) bond motifs is 1. The van der Waals surface area contributed by atoms with Crippen LogP contribution in [-0.2, 0) is 4.79 Å². The lowest BCUT2D eigenvalue weighted by molar-refractivity contribution is -0.117. The van der Waals surface area contributed by atoms with Crippen molar-refractivity contribution < 1.29 is 4.79 Å². The molecule has 1 amide bonds. The maximum atomic E-state index is 11.6. The molecule has 76 valence electrons. The Morgan fingerprint density at radius 2 is 2.27 bits per heavy atom. The third-order valence-corrected chi connectivity index (χ3v) is 2.57. The van der Waals surface area contributed by atoms with E-state index in [0.29, 0.717) is 6.42 Å². The Hall–Kier alpha value is -1.86. The van der Waals surface area contributed by atoms with E-state index in [9.17, 15) is 4.79 Å². The average Bonchev–Trinajstić information content (AvgIpc) is 2.55. The number of nitriles is 1. The largest absolute Gasteiger partial charge is 0.325 e. The molecule has 0 saturated carbocycles. The SMILES string of the molecule is N#C[C@@H](N)CC1C(=O)Nc2ccccc21. The van der Waals surface area contributed by atoms with E-state index in [0.717, 1.165) is 11.3 Å². The summed E-state index contributed by atoms with van der Waals surface area (Å²) in [6.07, 6.45) is 0.374. The molecule has 0 saturated heterocycles. The van der Waals surface area contributed by atoms with Crippen LogP contribution in [0.25, 0.3) is 0 Å². The van der Waals surface area contributed by atoms with Gasteiger partial charge in [0.2, 0.25) is 5.91 Å². The summed E-state index contributed by atoms with van der Waals surface area (Å²) in [5.74, 6) is -0.349. The first-order chi connectivity index (χ1) is 7.22. The second-order valence-corrected chi connectivity index (χ2v) is 3.60. The molecule has 1 aliphatic rings. The van der Waals surface area contributed by atoms with Gasteiger partial charge in [0.1, 0.15) is 0 Å². The number of amides is 1. The number of hydrogen-bond donors (Lipinski definition) is 2. The third-order valence-electron chi connectivity index (χ3n) is 2.57. The molecule has 1 aliphatic heterocycles. The van der Waals surface area contributed by atoms with E-state index in [1.165, 1.54) is 0 Å². The summed E-state index contributed by atoms with van der Waals surface area (Å²) in [6, 6.07) is 8.84. The van der Waals surface area contributed by atoms with Gasteiger partial charge >= 0.3 is 0 Å². The summed E-state index contributed by atoms with van der Waals surface area (Å²) in [6.45, 7) is 0. The summed E-state index contributed by atoms with van der Waals surface area (Å²) in [5, 5.41) is 11.4. The van der Waals surface area contributed by atoms with Gasteiger partial charge in [0.15, 0.2) is 0 Å². The van der Waals surface area contributed by atoms with E-state index in [2.05, 4.69) is 5.32 Å². The minimum atomic E-state index is -0.591. The fraction of sp³-hybridized carbons (Fsp3) is 0.273. The maximum Gasteiger partial charge on any atom is 0.232 e. The monoisotopic (exact) mass is 201 g/mol. The fourth-order valence-corrected chi connectivity index (χ4v) is 1.82. The minimum absolute atomic E-state index is 0.0677. The molecule has 0 aromatic heterocycles. The zero-order chi connectivity index (χ0) is 10.8. The van der Waals surface area contributed by atoms with Gasteiger partial charge in [-0.05, 0) is 18.1 Å². The predicted molar refractivity (Wildman–Crippen MR) is 56.0 cm³/mol. The number of nitrogens with two attached hydrogens (primary N) is 1. The highest BCUT2D eigenvalue weighted by molar-refractivity contribution is 6.02. The van der Waals surface area contributed by atoms with Crippen LogP contribution in [-0.4, -0.2) is 11.9 Å². The Balaban J connectivity index is 2.27. The number of carbonyl (C=O) groups is 1. The first kappa shape index (κ1) is 9.69. The van der Waals surface area contributed by atoms with Gasteiger partial charge in [-0.1, -0.05) is 18.2 Å². The Labute approximate surface area is 87.7 Å². The Kier molecular flexibility index (Phi) is 2.40. The molecule has 1 aromatic carbocycles. The van der Waals surface area contributed by atoms with Gasteiger partial charge in [-0.3, -0.25) is 4.79 Å². The van der Waals surface area contributed by atoms with Crippen molar-refractivity contribution >= 4 is 11.6 Å². The highest BCUT2D eigenvalue weighted by Crippen LogP contribution is 2.34. The summed E-state index contributed by atoms with van der Waals surface area (Å²) < 4.78 is 0. The number of para-hydroxylation sites is 1. The second kappa shape index (κ2) is 3.71. The molecule has 0 aliphatic carbocycles. The lowest BCUT2D eigenvalue weighted by atomic mass is 9.94. The number of rotatable bonds is 2. The summed E-state index contributed by atoms with van der Waals surface area (Å²) in [4.78, 5) is 11.6. The molecule has 2 rings (SSSR count). The van der Waals surface area contributed by atoms with Gasteiger partial charge in [-0.2, -0.15) is 5.26 Å². The van der Waals surface area contributed by atoms with Crippen LogP contribution in [0.4, 0.5) is 5.69 Å². The van der Waals surface area contributed by atoms with Gasteiger partial charge < -0.3 is 11.1 Å². The molecular formula is C11H11N3O. The summed E-state index contributed by atoms with van der Waals surface area (Å²) >= 11 is 0. The van der Waals surface area contributed by atoms with Crippen molar-refractivity contribution in [2.45, 2.75) is 18.4 Å². The zero-order valence-corrected chi connectivity index (χ0v) is 8.10. The van der Waals surface area contributed by atoms with E-state index in [4.69, 9.17) is 11.0 Å². The van der Waals surface area contributed by atoms with Crippen molar-refractivity contribution in [1.29, 1.82) is 5.26 Å². The van der Waals surface area contributed by atoms with Crippen molar-refractivity contribution in [2.75, 3.05) is 5.32 Å². The number of benzene rings is 1. The number of nitrogens with one attached hydrogen (secondary N) is 1. The van der Waals surface area contributed by atoms with E-state index >= 15 is 0 Å². The smallest absolute Gasteiger partial charge is 0.232 e. The van der Waals surface area contributed by atoms with Gasteiger partial charge in [0.05, 0.1) is 18.0 Å². The molecule has 1 aromatic rings. The van der Waals surface area contributed by atoms with Crippen LogP contribution < -0.4 is 11.1 Å². The molecule has 0 radical (unpaired) electrons. The maximum absolute atomic E-state index is 11.6. The van der Waals surface area contributed by atoms with Crippen LogP contribution in [0.5, 0.6) is 0 Å². The van der Waals surface area contributed by atoms with E-state index in [1.807, 2.05) is 30.3 Å². The Bertz CT molecular complexity index is 436. The van der Waals surface area contributed by atoms with Crippen molar-refractivity contribution in [2.24, 2.45) is 5.73 Å². The normalized spacial score (nSPS) is 20.3. The van der Waals surface area contributed by atoms with E-state index in [-0.39, 0.29) is 11.8 Å². The topological polar surface area (TPSA) is 78.9 Å². The third kappa shape index (κ3) is 1.69. The van der Waals surface area contributed by atoms with Crippen LogP contribution in [0.1, 0.15) is 17.9 Å². The van der Waals surface area contributed by atoms with Crippen LogP contribution in [0.15, 0.2) is 24.3 Å². The fourth-order valence-electron chi connectivity index (χ4n) is 1.82. The van der Waals surface area contributed by atoms with E-state index < -0.39 is 6.04 Å². The van der Waals surface area contributed by atoms with Crippen molar-refractivity contribution in [3.8, 4) is 6.07 Å². The van der Waals surface area contributed by atoms with Gasteiger partial charge in [-0.15, -0.1) is 0 Å². The molecular weight excluding hydrogens is 190 g/mol. The molecule has 15 heavy (non-hydrogen) atoms. The van der Waals surface area contributed by atoms with Crippen LogP contribution in [0, 0.1) is 11.3 Å². The molecule has 0 spiro atoms. The number of anilines is 1.